The van der Waals surface area contributed by atoms with Gasteiger partial charge in [0.05, 0.1) is 11.1 Å². The van der Waals surface area contributed by atoms with Gasteiger partial charge in [0.2, 0.25) is 5.91 Å². The highest BCUT2D eigenvalue weighted by Gasteiger charge is 2.58. The fourth-order valence-corrected chi connectivity index (χ4v) is 7.63. The normalized spacial score (nSPS) is 23.5. The fourth-order valence-electron chi connectivity index (χ4n) is 6.92. The van der Waals surface area contributed by atoms with Crippen molar-refractivity contribution in [3.63, 3.8) is 0 Å². The van der Waals surface area contributed by atoms with Crippen molar-refractivity contribution < 1.29 is 9.18 Å². The Morgan fingerprint density at radius 3 is 2.22 bits per heavy atom. The zero-order chi connectivity index (χ0) is 25.4. The number of rotatable bonds is 3. The van der Waals surface area contributed by atoms with Crippen molar-refractivity contribution in [1.82, 2.24) is 4.98 Å². The number of benzene rings is 4. The molecule has 182 valence electrons. The average Bonchev–Trinajstić information content (AvgIpc) is 3.37. The Hall–Kier alpha value is -3.83. The van der Waals surface area contributed by atoms with Crippen molar-refractivity contribution in [2.75, 3.05) is 5.32 Å². The standard InChI is InChI=1S/C32H25FN2OS/c1-31-18-32(2,28(22-11-5-7-13-24(22)31)23-12-6-8-14-25(23)31)29(36)35-30-34-27(17-37-30)21-15-16-26(33)20-10-4-3-9-19(20)21/h3-17,28H,18H2,1-2H3,(H,34,35,36). The molecule has 5 heteroatoms. The van der Waals surface area contributed by atoms with Crippen LogP contribution in [0.15, 0.2) is 90.3 Å². The van der Waals surface area contributed by atoms with E-state index in [1.165, 1.54) is 39.7 Å². The van der Waals surface area contributed by atoms with Crippen molar-refractivity contribution in [2.45, 2.75) is 31.6 Å². The van der Waals surface area contributed by atoms with E-state index in [-0.39, 0.29) is 23.1 Å². The van der Waals surface area contributed by atoms with Gasteiger partial charge in [-0.15, -0.1) is 11.3 Å². The van der Waals surface area contributed by atoms with E-state index in [0.29, 0.717) is 10.5 Å². The maximum Gasteiger partial charge on any atom is 0.233 e. The number of carbonyl (C=O) groups is 1. The summed E-state index contributed by atoms with van der Waals surface area (Å²) in [4.78, 5) is 18.8. The van der Waals surface area contributed by atoms with Gasteiger partial charge in [0.25, 0.3) is 0 Å². The summed E-state index contributed by atoms with van der Waals surface area (Å²) in [5.41, 5.74) is 5.84. The molecule has 2 bridgehead atoms. The molecular weight excluding hydrogens is 479 g/mol. The topological polar surface area (TPSA) is 42.0 Å². The van der Waals surface area contributed by atoms with Crippen molar-refractivity contribution in [3.05, 3.63) is 118 Å². The summed E-state index contributed by atoms with van der Waals surface area (Å²) in [7, 11) is 0. The second-order valence-corrected chi connectivity index (χ2v) is 11.5. The van der Waals surface area contributed by atoms with Gasteiger partial charge >= 0.3 is 0 Å². The molecule has 1 N–H and O–H groups in total. The van der Waals surface area contributed by atoms with Gasteiger partial charge in [0.15, 0.2) is 5.13 Å². The Morgan fingerprint density at radius 2 is 1.51 bits per heavy atom. The number of thiazole rings is 1. The van der Waals surface area contributed by atoms with Crippen LogP contribution in [-0.2, 0) is 10.2 Å². The van der Waals surface area contributed by atoms with E-state index < -0.39 is 5.41 Å². The van der Waals surface area contributed by atoms with Gasteiger partial charge < -0.3 is 5.32 Å². The molecule has 1 heterocycles. The molecule has 1 atom stereocenters. The van der Waals surface area contributed by atoms with Crippen LogP contribution >= 0.6 is 11.3 Å². The van der Waals surface area contributed by atoms with Crippen LogP contribution in [0.4, 0.5) is 9.52 Å². The van der Waals surface area contributed by atoms with Gasteiger partial charge in [-0.1, -0.05) is 79.7 Å². The minimum atomic E-state index is -0.633. The first kappa shape index (κ1) is 22.4. The molecule has 0 saturated carbocycles. The Balaban J connectivity index is 1.26. The average molecular weight is 505 g/mol. The number of amides is 1. The Labute approximate surface area is 219 Å². The maximum atomic E-state index is 14.3. The third-order valence-corrected chi connectivity index (χ3v) is 9.24. The van der Waals surface area contributed by atoms with Crippen molar-refractivity contribution in [1.29, 1.82) is 0 Å². The van der Waals surface area contributed by atoms with Gasteiger partial charge in [0.1, 0.15) is 5.82 Å². The molecule has 3 nitrogen and oxygen atoms in total. The number of aromatic nitrogens is 1. The molecule has 1 amide bonds. The molecule has 0 aliphatic heterocycles. The van der Waals surface area contributed by atoms with E-state index >= 15 is 0 Å². The van der Waals surface area contributed by atoms with Crippen LogP contribution in [0.1, 0.15) is 48.4 Å². The van der Waals surface area contributed by atoms with Crippen LogP contribution in [0.3, 0.4) is 0 Å². The van der Waals surface area contributed by atoms with Crippen LogP contribution in [0.25, 0.3) is 22.0 Å². The first-order valence-electron chi connectivity index (χ1n) is 12.5. The van der Waals surface area contributed by atoms with E-state index in [4.69, 9.17) is 4.98 Å². The van der Waals surface area contributed by atoms with Crippen LogP contribution in [-0.4, -0.2) is 10.9 Å². The summed E-state index contributed by atoms with van der Waals surface area (Å²) in [6.45, 7) is 4.37. The van der Waals surface area contributed by atoms with Crippen LogP contribution in [0.5, 0.6) is 0 Å². The number of anilines is 1. The molecular formula is C32H25FN2OS. The van der Waals surface area contributed by atoms with Crippen LogP contribution < -0.4 is 5.32 Å². The summed E-state index contributed by atoms with van der Waals surface area (Å²) >= 11 is 1.40. The molecule has 8 rings (SSSR count). The number of carbonyl (C=O) groups excluding carboxylic acids is 1. The first-order chi connectivity index (χ1) is 17.9. The van der Waals surface area contributed by atoms with Crippen LogP contribution in [0.2, 0.25) is 0 Å². The SMILES string of the molecule is CC12CC(C)(C(=O)Nc3nc(-c4ccc(F)c5ccccc45)cs3)C(c3ccccc31)c1ccccc12. The van der Waals surface area contributed by atoms with E-state index in [0.717, 1.165) is 23.1 Å². The second-order valence-electron chi connectivity index (χ2n) is 10.7. The Kier molecular flexibility index (Phi) is 4.74. The summed E-state index contributed by atoms with van der Waals surface area (Å²) in [5.74, 6) is -0.294. The molecule has 0 radical (unpaired) electrons. The van der Waals surface area contributed by atoms with Crippen molar-refractivity contribution in [2.24, 2.45) is 5.41 Å². The fraction of sp³-hybridized carbons (Fsp3) is 0.188. The highest BCUT2D eigenvalue weighted by Crippen LogP contribution is 2.63. The molecule has 5 aromatic rings. The molecule has 3 aliphatic carbocycles. The summed E-state index contributed by atoms with van der Waals surface area (Å²) < 4.78 is 14.3. The van der Waals surface area contributed by atoms with Crippen molar-refractivity contribution in [3.8, 4) is 11.3 Å². The molecule has 1 aromatic heterocycles. The zero-order valence-electron chi connectivity index (χ0n) is 20.6. The number of hydrogen-bond donors (Lipinski definition) is 1. The molecule has 4 aromatic carbocycles. The van der Waals surface area contributed by atoms with Gasteiger partial charge in [-0.25, -0.2) is 9.37 Å². The van der Waals surface area contributed by atoms with Gasteiger partial charge in [-0.3, -0.25) is 4.79 Å². The van der Waals surface area contributed by atoms with E-state index in [1.807, 2.05) is 23.6 Å². The lowest BCUT2D eigenvalue weighted by Gasteiger charge is -2.55. The highest BCUT2D eigenvalue weighted by molar-refractivity contribution is 7.14. The van der Waals surface area contributed by atoms with E-state index in [1.54, 1.807) is 12.1 Å². The van der Waals surface area contributed by atoms with Gasteiger partial charge in [-0.2, -0.15) is 0 Å². The lowest BCUT2D eigenvalue weighted by Crippen LogP contribution is -2.53. The number of nitrogens with one attached hydrogen (secondary N) is 1. The summed E-state index contributed by atoms with van der Waals surface area (Å²) in [6, 6.07) is 27.8. The minimum absolute atomic E-state index is 0.0161. The predicted molar refractivity (Wildman–Crippen MR) is 148 cm³/mol. The maximum absolute atomic E-state index is 14.3. The molecule has 0 spiro atoms. The number of hydrogen-bond acceptors (Lipinski definition) is 3. The predicted octanol–water partition coefficient (Wildman–Crippen LogP) is 7.90. The van der Waals surface area contributed by atoms with Crippen LogP contribution in [0, 0.1) is 11.2 Å². The summed E-state index contributed by atoms with van der Waals surface area (Å²) in [5, 5.41) is 7.02. The zero-order valence-corrected chi connectivity index (χ0v) is 21.4. The largest absolute Gasteiger partial charge is 0.301 e. The first-order valence-corrected chi connectivity index (χ1v) is 13.4. The van der Waals surface area contributed by atoms with E-state index in [9.17, 15) is 9.18 Å². The molecule has 1 unspecified atom stereocenters. The quantitative estimate of drug-likeness (QED) is 0.271. The second kappa shape index (κ2) is 7.83. The third kappa shape index (κ3) is 3.10. The Bertz CT molecular complexity index is 1680. The Morgan fingerprint density at radius 1 is 0.892 bits per heavy atom. The smallest absolute Gasteiger partial charge is 0.233 e. The number of halogens is 1. The lowest BCUT2D eigenvalue weighted by molar-refractivity contribution is -0.127. The van der Waals surface area contributed by atoms with Gasteiger partial charge in [-0.05, 0) is 53.1 Å². The number of nitrogens with zero attached hydrogens (tertiary/aromatic N) is 1. The van der Waals surface area contributed by atoms with E-state index in [2.05, 4.69) is 67.7 Å². The van der Waals surface area contributed by atoms with Gasteiger partial charge in [0, 0.05) is 27.7 Å². The summed E-state index contributed by atoms with van der Waals surface area (Å²) in [6.07, 6.45) is 0.728. The monoisotopic (exact) mass is 504 g/mol. The molecule has 3 aliphatic rings. The minimum Gasteiger partial charge on any atom is -0.301 e. The highest BCUT2D eigenvalue weighted by atomic mass is 32.1. The lowest BCUT2D eigenvalue weighted by atomic mass is 9.47. The number of fused-ring (bicyclic) bond motifs is 2. The van der Waals surface area contributed by atoms with Crippen molar-refractivity contribution >= 4 is 33.1 Å². The molecule has 0 fully saturated rings. The third-order valence-electron chi connectivity index (χ3n) is 8.48. The molecule has 0 saturated heterocycles. The molecule has 37 heavy (non-hydrogen) atoms.